The van der Waals surface area contributed by atoms with E-state index in [1.165, 1.54) is 0 Å². The number of halogens is 1. The molecule has 0 aliphatic carbocycles. The molecule has 0 saturated heterocycles. The van der Waals surface area contributed by atoms with E-state index >= 15 is 0 Å². The fourth-order valence-electron chi connectivity index (χ4n) is 1.27. The third kappa shape index (κ3) is 2.63. The molecule has 0 heterocycles. The Morgan fingerprint density at radius 2 is 1.81 bits per heavy atom. The molecule has 0 fully saturated rings. The average molecular weight is 292 g/mol. The minimum absolute atomic E-state index is 0.581. The number of benzene rings is 2. The van der Waals surface area contributed by atoms with Gasteiger partial charge in [-0.25, -0.2) is 0 Å². The Balaban J connectivity index is 2.35. The van der Waals surface area contributed by atoms with E-state index in [1.54, 1.807) is 17.8 Å². The van der Waals surface area contributed by atoms with Gasteiger partial charge in [-0.1, -0.05) is 45.9 Å². The fraction of sp³-hybridized carbons (Fsp3) is 0. The molecule has 0 N–H and O–H groups in total. The fourth-order valence-corrected chi connectivity index (χ4v) is 2.73. The van der Waals surface area contributed by atoms with Crippen molar-refractivity contribution in [3.8, 4) is 0 Å². The molecule has 0 aliphatic heterocycles. The summed E-state index contributed by atoms with van der Waals surface area (Å²) in [7, 11) is 0. The predicted molar refractivity (Wildman–Crippen MR) is 69.5 cm³/mol. The van der Waals surface area contributed by atoms with Gasteiger partial charge in [0.15, 0.2) is 4.98 Å². The lowest BCUT2D eigenvalue weighted by Crippen LogP contribution is -1.74. The van der Waals surface area contributed by atoms with E-state index in [0.717, 1.165) is 14.3 Å². The number of rotatable bonds is 2. The van der Waals surface area contributed by atoms with E-state index in [-0.39, 0.29) is 0 Å². The maximum absolute atomic E-state index is 8.88. The average Bonchev–Trinajstić information content (AvgIpc) is 2.31. The number of nitrogens with zero attached hydrogens (tertiary/aromatic N) is 2. The molecule has 0 unspecified atom stereocenters. The Kier molecular flexibility index (Phi) is 3.60. The first-order valence-electron chi connectivity index (χ1n) is 4.67. The Labute approximate surface area is 106 Å². The second-order valence-corrected chi connectivity index (χ2v) is 5.16. The summed E-state index contributed by atoms with van der Waals surface area (Å²) in [5.74, 6) is 0. The molecule has 78 valence electrons. The highest BCUT2D eigenvalue weighted by molar-refractivity contribution is 9.10. The summed E-state index contributed by atoms with van der Waals surface area (Å²) in [6, 6.07) is 15.5. The summed E-state index contributed by atoms with van der Waals surface area (Å²) in [4.78, 5) is 5.30. The second-order valence-electron chi connectivity index (χ2n) is 3.13. The molecule has 2 nitrogen and oxygen atoms in total. The van der Waals surface area contributed by atoms with E-state index in [2.05, 4.69) is 20.9 Å². The van der Waals surface area contributed by atoms with Gasteiger partial charge < -0.3 is 0 Å². The van der Waals surface area contributed by atoms with Gasteiger partial charge in [0, 0.05) is 15.4 Å². The maximum Gasteiger partial charge on any atom is 0.398 e. The molecule has 0 bridgehead atoms. The van der Waals surface area contributed by atoms with E-state index in [1.807, 2.05) is 42.5 Å². The zero-order valence-electron chi connectivity index (χ0n) is 8.30. The summed E-state index contributed by atoms with van der Waals surface area (Å²) in [5.41, 5.74) is 0.581. The van der Waals surface area contributed by atoms with Gasteiger partial charge in [0.1, 0.15) is 4.90 Å². The molecule has 4 heteroatoms. The van der Waals surface area contributed by atoms with Crippen molar-refractivity contribution in [3.05, 3.63) is 58.0 Å². The minimum Gasteiger partial charge on any atom is -0.0817 e. The van der Waals surface area contributed by atoms with Gasteiger partial charge in [0.05, 0.1) is 0 Å². The first-order valence-corrected chi connectivity index (χ1v) is 6.28. The summed E-state index contributed by atoms with van der Waals surface area (Å²) < 4.78 is 0.971. The van der Waals surface area contributed by atoms with Crippen LogP contribution in [-0.2, 0) is 0 Å². The lowest BCUT2D eigenvalue weighted by Gasteiger charge is -1.99. The predicted octanol–water partition coefficient (Wildman–Crippen LogP) is 5.08. The van der Waals surface area contributed by atoms with Crippen LogP contribution in [0.1, 0.15) is 0 Å². The van der Waals surface area contributed by atoms with Crippen molar-refractivity contribution in [1.29, 1.82) is 5.39 Å². The highest BCUT2D eigenvalue weighted by atomic mass is 79.9. The third-order valence-corrected chi connectivity index (χ3v) is 3.55. The highest BCUT2D eigenvalue weighted by Crippen LogP contribution is 2.36. The zero-order chi connectivity index (χ0) is 11.4. The van der Waals surface area contributed by atoms with Crippen molar-refractivity contribution < 1.29 is 0 Å². The largest absolute Gasteiger partial charge is 0.398 e. The summed E-state index contributed by atoms with van der Waals surface area (Å²) in [6.45, 7) is 0. The van der Waals surface area contributed by atoms with Gasteiger partial charge in [-0.3, -0.25) is 0 Å². The molecule has 0 atom stereocenters. The van der Waals surface area contributed by atoms with Crippen LogP contribution in [0.2, 0.25) is 0 Å². The quantitative estimate of drug-likeness (QED) is 0.721. The van der Waals surface area contributed by atoms with Crippen LogP contribution in [0, 0.1) is 5.39 Å². The van der Waals surface area contributed by atoms with Crippen LogP contribution in [0.5, 0.6) is 0 Å². The Bertz CT molecular complexity index is 534. The van der Waals surface area contributed by atoms with Gasteiger partial charge >= 0.3 is 5.69 Å². The van der Waals surface area contributed by atoms with Crippen molar-refractivity contribution in [1.82, 2.24) is 0 Å². The summed E-state index contributed by atoms with van der Waals surface area (Å²) in [5, 5.41) is 8.88. The summed E-state index contributed by atoms with van der Waals surface area (Å²) >= 11 is 4.97. The van der Waals surface area contributed by atoms with Crippen molar-refractivity contribution in [2.24, 2.45) is 0 Å². The van der Waals surface area contributed by atoms with Crippen LogP contribution in [0.3, 0.4) is 0 Å². The molecule has 0 spiro atoms. The van der Waals surface area contributed by atoms with Crippen molar-refractivity contribution in [2.75, 3.05) is 0 Å². The molecule has 0 radical (unpaired) electrons. The van der Waals surface area contributed by atoms with Crippen molar-refractivity contribution in [2.45, 2.75) is 9.79 Å². The second kappa shape index (κ2) is 5.15. The van der Waals surface area contributed by atoms with Crippen LogP contribution in [0.15, 0.2) is 62.8 Å². The standard InChI is InChI=1S/C12H8BrN2S/c13-9-6-7-11(15-14)12(8-9)16-10-4-2-1-3-5-10/h1-8H/q+1. The van der Waals surface area contributed by atoms with Crippen molar-refractivity contribution >= 4 is 33.4 Å². The minimum atomic E-state index is 0.581. The van der Waals surface area contributed by atoms with Crippen molar-refractivity contribution in [3.63, 3.8) is 0 Å². The first kappa shape index (κ1) is 11.2. The van der Waals surface area contributed by atoms with Gasteiger partial charge in [0.25, 0.3) is 0 Å². The normalized spacial score (nSPS) is 9.75. The third-order valence-electron chi connectivity index (χ3n) is 2.00. The zero-order valence-corrected chi connectivity index (χ0v) is 10.7. The van der Waals surface area contributed by atoms with Crippen LogP contribution in [0.25, 0.3) is 4.98 Å². The van der Waals surface area contributed by atoms with E-state index < -0.39 is 0 Å². The molecular formula is C12H8BrN2S+. The van der Waals surface area contributed by atoms with Crippen LogP contribution >= 0.6 is 27.7 Å². The lowest BCUT2D eigenvalue weighted by molar-refractivity contribution is 1.37. The van der Waals surface area contributed by atoms with Crippen LogP contribution in [0.4, 0.5) is 5.69 Å². The molecular weight excluding hydrogens is 284 g/mol. The van der Waals surface area contributed by atoms with E-state index in [4.69, 9.17) is 5.39 Å². The highest BCUT2D eigenvalue weighted by Gasteiger charge is 2.14. The van der Waals surface area contributed by atoms with Gasteiger partial charge in [0.2, 0.25) is 5.39 Å². The molecule has 2 aromatic carbocycles. The monoisotopic (exact) mass is 291 g/mol. The molecule has 16 heavy (non-hydrogen) atoms. The van der Waals surface area contributed by atoms with E-state index in [9.17, 15) is 0 Å². The Hall–Kier alpha value is -1.31. The Morgan fingerprint density at radius 3 is 2.50 bits per heavy atom. The smallest absolute Gasteiger partial charge is 0.0817 e. The Morgan fingerprint density at radius 1 is 1.06 bits per heavy atom. The molecule has 0 aliphatic rings. The van der Waals surface area contributed by atoms with Gasteiger partial charge in [-0.2, -0.15) is 0 Å². The summed E-state index contributed by atoms with van der Waals surface area (Å²) in [6.07, 6.45) is 0. The molecule has 0 amide bonds. The van der Waals surface area contributed by atoms with E-state index in [0.29, 0.717) is 5.69 Å². The first-order chi connectivity index (χ1) is 7.79. The molecule has 0 saturated carbocycles. The number of diazo groups is 1. The SMILES string of the molecule is N#[N+]c1ccc(Br)cc1Sc1ccccc1. The lowest BCUT2D eigenvalue weighted by atomic mass is 10.3. The van der Waals surface area contributed by atoms with Gasteiger partial charge in [-0.05, 0) is 24.3 Å². The number of hydrogen-bond acceptors (Lipinski definition) is 2. The van der Waals surface area contributed by atoms with Gasteiger partial charge in [-0.15, -0.1) is 0 Å². The molecule has 0 aromatic heterocycles. The molecule has 2 rings (SSSR count). The molecule has 2 aromatic rings. The number of hydrogen-bond donors (Lipinski definition) is 0. The van der Waals surface area contributed by atoms with Crippen LogP contribution in [-0.4, -0.2) is 0 Å². The maximum atomic E-state index is 8.88. The topological polar surface area (TPSA) is 28.1 Å². The van der Waals surface area contributed by atoms with Crippen LogP contribution < -0.4 is 0 Å².